The van der Waals surface area contributed by atoms with Gasteiger partial charge in [0, 0.05) is 23.6 Å². The number of nitrogens with zero attached hydrogens (tertiary/aromatic N) is 1. The normalized spacial score (nSPS) is 10.9. The van der Waals surface area contributed by atoms with Gasteiger partial charge < -0.3 is 14.4 Å². The van der Waals surface area contributed by atoms with Crippen LogP contribution in [0.4, 0.5) is 0 Å². The summed E-state index contributed by atoms with van der Waals surface area (Å²) in [5.41, 5.74) is 1.01. The van der Waals surface area contributed by atoms with Gasteiger partial charge in [0.05, 0.1) is 18.7 Å². The number of aromatic nitrogens is 1. The first-order valence-corrected chi connectivity index (χ1v) is 5.07. The summed E-state index contributed by atoms with van der Waals surface area (Å²) in [5, 5.41) is 10.5. The van der Waals surface area contributed by atoms with Crippen molar-refractivity contribution in [2.75, 3.05) is 13.7 Å². The van der Waals surface area contributed by atoms with Crippen LogP contribution in [0.2, 0.25) is 5.02 Å². The van der Waals surface area contributed by atoms with Crippen molar-refractivity contribution in [3.05, 3.63) is 29.4 Å². The number of rotatable bonds is 3. The van der Waals surface area contributed by atoms with E-state index in [1.165, 1.54) is 0 Å². The Morgan fingerprint density at radius 1 is 1.47 bits per heavy atom. The highest BCUT2D eigenvalue weighted by Gasteiger charge is 2.06. The lowest BCUT2D eigenvalue weighted by molar-refractivity contribution is 0.278. The largest absolute Gasteiger partial charge is 0.495 e. The molecular formula is C11H12ClNO2. The van der Waals surface area contributed by atoms with Crippen molar-refractivity contribution in [2.45, 2.75) is 6.54 Å². The highest BCUT2D eigenvalue weighted by Crippen LogP contribution is 2.30. The number of halogens is 1. The van der Waals surface area contributed by atoms with Gasteiger partial charge in [-0.15, -0.1) is 0 Å². The molecule has 0 atom stereocenters. The topological polar surface area (TPSA) is 34.4 Å². The molecule has 0 spiro atoms. The van der Waals surface area contributed by atoms with Crippen LogP contribution in [0.25, 0.3) is 10.9 Å². The number of benzene rings is 1. The molecule has 0 aliphatic heterocycles. The summed E-state index contributed by atoms with van der Waals surface area (Å²) in [6.07, 6.45) is 1.93. The van der Waals surface area contributed by atoms with Crippen LogP contribution in [0.15, 0.2) is 24.4 Å². The van der Waals surface area contributed by atoms with Gasteiger partial charge in [0.25, 0.3) is 0 Å². The molecule has 2 aromatic rings. The average molecular weight is 226 g/mol. The summed E-state index contributed by atoms with van der Waals surface area (Å²) in [6.45, 7) is 0.694. The fourth-order valence-corrected chi connectivity index (χ4v) is 1.89. The van der Waals surface area contributed by atoms with Crippen molar-refractivity contribution in [1.29, 1.82) is 0 Å². The smallest absolute Gasteiger partial charge is 0.138 e. The first kappa shape index (κ1) is 10.3. The van der Waals surface area contributed by atoms with Crippen LogP contribution >= 0.6 is 11.6 Å². The Kier molecular flexibility index (Phi) is 2.84. The van der Waals surface area contributed by atoms with Gasteiger partial charge in [-0.1, -0.05) is 11.6 Å². The standard InChI is InChI=1S/C11H12ClNO2/c1-15-11-6-8-2-3-13(4-5-14)10(8)7-9(11)12/h2-3,6-7,14H,4-5H2,1H3. The third kappa shape index (κ3) is 1.80. The monoisotopic (exact) mass is 225 g/mol. The van der Waals surface area contributed by atoms with Gasteiger partial charge in [0.2, 0.25) is 0 Å². The Bertz CT molecular complexity index is 479. The van der Waals surface area contributed by atoms with Crippen LogP contribution in [-0.2, 0) is 6.54 Å². The second-order valence-corrected chi connectivity index (χ2v) is 3.69. The molecule has 0 aliphatic carbocycles. The Labute approximate surface area is 92.8 Å². The highest BCUT2D eigenvalue weighted by atomic mass is 35.5. The third-order valence-electron chi connectivity index (χ3n) is 2.39. The maximum Gasteiger partial charge on any atom is 0.138 e. The average Bonchev–Trinajstić information content (AvgIpc) is 2.61. The second-order valence-electron chi connectivity index (χ2n) is 3.28. The zero-order chi connectivity index (χ0) is 10.8. The van der Waals surface area contributed by atoms with Gasteiger partial charge in [-0.3, -0.25) is 0 Å². The Morgan fingerprint density at radius 3 is 2.93 bits per heavy atom. The Morgan fingerprint density at radius 2 is 2.27 bits per heavy atom. The lowest BCUT2D eigenvalue weighted by Crippen LogP contribution is -1.99. The number of methoxy groups -OCH3 is 1. The van der Waals surface area contributed by atoms with E-state index in [0.29, 0.717) is 17.3 Å². The predicted molar refractivity (Wildman–Crippen MR) is 60.6 cm³/mol. The molecule has 0 saturated carbocycles. The Hall–Kier alpha value is -1.19. The number of hydrogen-bond acceptors (Lipinski definition) is 2. The molecule has 0 aliphatic rings. The highest BCUT2D eigenvalue weighted by molar-refractivity contribution is 6.32. The molecule has 1 aromatic heterocycles. The second kappa shape index (κ2) is 4.13. The molecule has 15 heavy (non-hydrogen) atoms. The number of hydrogen-bond donors (Lipinski definition) is 1. The molecule has 0 radical (unpaired) electrons. The predicted octanol–water partition coefficient (Wildman–Crippen LogP) is 2.30. The van der Waals surface area contributed by atoms with Crippen LogP contribution in [0.5, 0.6) is 5.75 Å². The van der Waals surface area contributed by atoms with E-state index >= 15 is 0 Å². The fourth-order valence-electron chi connectivity index (χ4n) is 1.65. The molecule has 0 amide bonds. The summed E-state index contributed by atoms with van der Waals surface area (Å²) in [4.78, 5) is 0. The quantitative estimate of drug-likeness (QED) is 0.870. The molecule has 0 saturated heterocycles. The van der Waals surface area contributed by atoms with Gasteiger partial charge in [0.1, 0.15) is 5.75 Å². The first-order valence-electron chi connectivity index (χ1n) is 4.69. The van der Waals surface area contributed by atoms with E-state index in [1.807, 2.05) is 29.0 Å². The summed E-state index contributed by atoms with van der Waals surface area (Å²) in [5.74, 6) is 0.672. The van der Waals surface area contributed by atoms with Crippen LogP contribution in [0, 0.1) is 0 Å². The van der Waals surface area contributed by atoms with Crippen LogP contribution in [-0.4, -0.2) is 23.4 Å². The molecule has 3 nitrogen and oxygen atoms in total. The van der Waals surface area contributed by atoms with Crippen LogP contribution < -0.4 is 4.74 Å². The van der Waals surface area contributed by atoms with Gasteiger partial charge in [-0.25, -0.2) is 0 Å². The SMILES string of the molecule is COc1cc2ccn(CCO)c2cc1Cl. The van der Waals surface area contributed by atoms with Crippen LogP contribution in [0.1, 0.15) is 0 Å². The van der Waals surface area contributed by atoms with E-state index in [4.69, 9.17) is 21.4 Å². The summed E-state index contributed by atoms with van der Waals surface area (Å²) >= 11 is 6.03. The zero-order valence-corrected chi connectivity index (χ0v) is 9.16. The molecule has 0 bridgehead atoms. The summed E-state index contributed by atoms with van der Waals surface area (Å²) < 4.78 is 7.09. The van der Waals surface area contributed by atoms with E-state index in [1.54, 1.807) is 7.11 Å². The molecule has 1 heterocycles. The van der Waals surface area contributed by atoms with E-state index in [9.17, 15) is 0 Å². The maximum absolute atomic E-state index is 8.89. The van der Waals surface area contributed by atoms with Gasteiger partial charge >= 0.3 is 0 Å². The van der Waals surface area contributed by atoms with Crippen molar-refractivity contribution in [3.8, 4) is 5.75 Å². The van der Waals surface area contributed by atoms with E-state index in [0.717, 1.165) is 10.9 Å². The van der Waals surface area contributed by atoms with E-state index < -0.39 is 0 Å². The van der Waals surface area contributed by atoms with Crippen molar-refractivity contribution >= 4 is 22.5 Å². The molecule has 0 unspecified atom stereocenters. The molecule has 2 rings (SSSR count). The Balaban J connectivity index is 2.57. The maximum atomic E-state index is 8.89. The van der Waals surface area contributed by atoms with Gasteiger partial charge in [0.15, 0.2) is 0 Å². The van der Waals surface area contributed by atoms with Gasteiger partial charge in [-0.2, -0.15) is 0 Å². The lowest BCUT2D eigenvalue weighted by Gasteiger charge is -2.06. The zero-order valence-electron chi connectivity index (χ0n) is 8.40. The summed E-state index contributed by atoms with van der Waals surface area (Å²) in [6, 6.07) is 5.72. The van der Waals surface area contributed by atoms with Crippen molar-refractivity contribution in [1.82, 2.24) is 4.57 Å². The number of ether oxygens (including phenoxy) is 1. The number of aliphatic hydroxyl groups is 1. The van der Waals surface area contributed by atoms with Crippen molar-refractivity contribution in [3.63, 3.8) is 0 Å². The number of aliphatic hydroxyl groups excluding tert-OH is 1. The van der Waals surface area contributed by atoms with E-state index in [-0.39, 0.29) is 6.61 Å². The van der Waals surface area contributed by atoms with E-state index in [2.05, 4.69) is 0 Å². The van der Waals surface area contributed by atoms with Crippen molar-refractivity contribution in [2.24, 2.45) is 0 Å². The lowest BCUT2D eigenvalue weighted by atomic mass is 10.2. The van der Waals surface area contributed by atoms with Crippen LogP contribution in [0.3, 0.4) is 0 Å². The molecule has 1 aromatic carbocycles. The molecule has 1 N–H and O–H groups in total. The summed E-state index contributed by atoms with van der Waals surface area (Å²) in [7, 11) is 1.60. The number of fused-ring (bicyclic) bond motifs is 1. The fraction of sp³-hybridized carbons (Fsp3) is 0.273. The third-order valence-corrected chi connectivity index (χ3v) is 2.68. The molecule has 4 heteroatoms. The molecule has 0 fully saturated rings. The minimum Gasteiger partial charge on any atom is -0.495 e. The minimum absolute atomic E-state index is 0.118. The first-order chi connectivity index (χ1) is 7.26. The molecular weight excluding hydrogens is 214 g/mol. The van der Waals surface area contributed by atoms with Gasteiger partial charge in [-0.05, 0) is 18.2 Å². The van der Waals surface area contributed by atoms with Crippen molar-refractivity contribution < 1.29 is 9.84 Å². The minimum atomic E-state index is 0.118. The molecule has 80 valence electrons.